The van der Waals surface area contributed by atoms with Crippen LogP contribution in [-0.2, 0) is 9.22 Å². The zero-order valence-corrected chi connectivity index (χ0v) is 8.67. The van der Waals surface area contributed by atoms with Gasteiger partial charge in [0.2, 0.25) is 10.5 Å². The molecule has 0 atom stereocenters. The van der Waals surface area contributed by atoms with Crippen LogP contribution in [0.15, 0.2) is 38.0 Å². The van der Waals surface area contributed by atoms with Crippen molar-refractivity contribution in [2.75, 3.05) is 0 Å². The molecule has 0 amide bonds. The summed E-state index contributed by atoms with van der Waals surface area (Å²) in [6.07, 6.45) is 4.40. The van der Waals surface area contributed by atoms with E-state index in [-0.39, 0.29) is 5.97 Å². The van der Waals surface area contributed by atoms with Crippen LogP contribution in [0.2, 0.25) is 0 Å². The van der Waals surface area contributed by atoms with Crippen LogP contribution in [0.3, 0.4) is 0 Å². The Morgan fingerprint density at radius 1 is 1.27 bits per heavy atom. The molecule has 11 heavy (non-hydrogen) atoms. The van der Waals surface area contributed by atoms with E-state index in [1.165, 1.54) is 18.2 Å². The van der Waals surface area contributed by atoms with Gasteiger partial charge in [0.15, 0.2) is 0 Å². The number of hydrogen-bond donors (Lipinski definition) is 0. The molecule has 0 aromatic rings. The maximum atomic E-state index is 11.1. The second-order valence-electron chi connectivity index (χ2n) is 2.04. The number of rotatable bonds is 4. The van der Waals surface area contributed by atoms with Crippen LogP contribution >= 0.6 is 0 Å². The van der Waals surface area contributed by atoms with E-state index >= 15 is 0 Å². The number of carbonyl (C=O) groups is 1. The molecule has 0 saturated heterocycles. The Labute approximate surface area is 69.8 Å². The summed E-state index contributed by atoms with van der Waals surface area (Å²) in [5.74, 6) is -0.357. The highest BCUT2D eigenvalue weighted by Crippen LogP contribution is 2.22. The van der Waals surface area contributed by atoms with E-state index in [0.29, 0.717) is 10.5 Å². The normalized spacial score (nSPS) is 10.2. The highest BCUT2D eigenvalue weighted by Gasteiger charge is 2.28. The molecule has 60 valence electrons. The average molecular weight is 168 g/mol. The van der Waals surface area contributed by atoms with Crippen LogP contribution in [0.4, 0.5) is 0 Å². The lowest BCUT2D eigenvalue weighted by Crippen LogP contribution is -2.25. The van der Waals surface area contributed by atoms with Gasteiger partial charge in [-0.15, -0.1) is 19.7 Å². The molecule has 0 unspecified atom stereocenters. The van der Waals surface area contributed by atoms with Crippen LogP contribution in [0.5, 0.6) is 0 Å². The average Bonchev–Trinajstić information content (AvgIpc) is 2.08. The lowest BCUT2D eigenvalue weighted by atomic mass is 9.89. The second-order valence-corrected chi connectivity index (χ2v) is 2.45. The molecule has 0 radical (unpaired) electrons. The molecule has 0 N–H and O–H groups in total. The lowest BCUT2D eigenvalue weighted by Gasteiger charge is -2.18. The standard InChI is InChI=1S/C8H12O2Si/c1-4-8(5-2,6-3)7(9)10-11/h4-6H,1-3H2,11H3. The predicted octanol–water partition coefficient (Wildman–Crippen LogP) is 0.354. The van der Waals surface area contributed by atoms with Gasteiger partial charge < -0.3 is 4.43 Å². The van der Waals surface area contributed by atoms with Gasteiger partial charge in [-0.3, -0.25) is 4.79 Å². The van der Waals surface area contributed by atoms with E-state index in [4.69, 9.17) is 0 Å². The van der Waals surface area contributed by atoms with Crippen LogP contribution in [0, 0.1) is 5.41 Å². The van der Waals surface area contributed by atoms with Crippen molar-refractivity contribution in [3.63, 3.8) is 0 Å². The molecule has 3 heteroatoms. The van der Waals surface area contributed by atoms with Crippen LogP contribution in [0.1, 0.15) is 0 Å². The molecule has 0 aromatic carbocycles. The fourth-order valence-corrected chi connectivity index (χ4v) is 1.03. The summed E-state index contributed by atoms with van der Waals surface area (Å²) in [6.45, 7) is 10.5. The molecule has 0 aliphatic rings. The number of carbonyl (C=O) groups excluding carboxylic acids is 1. The van der Waals surface area contributed by atoms with Crippen molar-refractivity contribution in [1.82, 2.24) is 0 Å². The first-order chi connectivity index (χ1) is 5.16. The molecule has 0 rings (SSSR count). The molecule has 0 heterocycles. The molecular formula is C8H12O2Si. The van der Waals surface area contributed by atoms with Crippen molar-refractivity contribution < 1.29 is 9.22 Å². The van der Waals surface area contributed by atoms with Crippen molar-refractivity contribution in [2.24, 2.45) is 5.41 Å². The van der Waals surface area contributed by atoms with Gasteiger partial charge in [-0.05, 0) is 0 Å². The summed E-state index contributed by atoms with van der Waals surface area (Å²) in [4.78, 5) is 11.1. The van der Waals surface area contributed by atoms with Crippen LogP contribution in [-0.4, -0.2) is 16.5 Å². The minimum Gasteiger partial charge on any atom is -0.528 e. The predicted molar refractivity (Wildman–Crippen MR) is 49.1 cm³/mol. The van der Waals surface area contributed by atoms with E-state index in [0.717, 1.165) is 0 Å². The maximum absolute atomic E-state index is 11.1. The summed E-state index contributed by atoms with van der Waals surface area (Å²) < 4.78 is 4.67. The first kappa shape index (κ1) is 9.91. The molecular weight excluding hydrogens is 156 g/mol. The smallest absolute Gasteiger partial charge is 0.309 e. The fourth-order valence-electron chi connectivity index (χ4n) is 0.677. The lowest BCUT2D eigenvalue weighted by molar-refractivity contribution is -0.138. The maximum Gasteiger partial charge on any atom is 0.309 e. The van der Waals surface area contributed by atoms with E-state index in [1.807, 2.05) is 0 Å². The van der Waals surface area contributed by atoms with Gasteiger partial charge in [-0.2, -0.15) is 0 Å². The van der Waals surface area contributed by atoms with Gasteiger partial charge in [-0.25, -0.2) is 0 Å². The van der Waals surface area contributed by atoms with Crippen LogP contribution < -0.4 is 0 Å². The van der Waals surface area contributed by atoms with Crippen molar-refractivity contribution >= 4 is 16.5 Å². The SMILES string of the molecule is C=CC(C=C)(C=C)C(=O)O[SiH3]. The molecule has 0 fully saturated rings. The zero-order chi connectivity index (χ0) is 8.91. The van der Waals surface area contributed by atoms with E-state index in [1.54, 1.807) is 0 Å². The number of hydrogen-bond acceptors (Lipinski definition) is 2. The molecule has 0 bridgehead atoms. The van der Waals surface area contributed by atoms with Gasteiger partial charge >= 0.3 is 5.97 Å². The Kier molecular flexibility index (Phi) is 3.54. The first-order valence-electron chi connectivity index (χ1n) is 3.16. The van der Waals surface area contributed by atoms with Crippen molar-refractivity contribution in [3.8, 4) is 0 Å². The van der Waals surface area contributed by atoms with Crippen LogP contribution in [0.25, 0.3) is 0 Å². The highest BCUT2D eigenvalue weighted by molar-refractivity contribution is 6.07. The molecule has 0 spiro atoms. The Morgan fingerprint density at radius 2 is 1.64 bits per heavy atom. The summed E-state index contributed by atoms with van der Waals surface area (Å²) in [5, 5.41) is 0. The first-order valence-corrected chi connectivity index (χ1v) is 3.97. The zero-order valence-electron chi connectivity index (χ0n) is 6.67. The van der Waals surface area contributed by atoms with Crippen molar-refractivity contribution in [2.45, 2.75) is 0 Å². The minimum atomic E-state index is -0.901. The second kappa shape index (κ2) is 3.93. The summed E-state index contributed by atoms with van der Waals surface area (Å²) in [6, 6.07) is 0. The quantitative estimate of drug-likeness (QED) is 0.447. The largest absolute Gasteiger partial charge is 0.528 e. The van der Waals surface area contributed by atoms with Gasteiger partial charge in [-0.1, -0.05) is 18.2 Å². The van der Waals surface area contributed by atoms with E-state index in [2.05, 4.69) is 24.2 Å². The molecule has 0 aliphatic carbocycles. The molecule has 0 aliphatic heterocycles. The molecule has 0 aromatic heterocycles. The van der Waals surface area contributed by atoms with Gasteiger partial charge in [0.25, 0.3) is 0 Å². The Morgan fingerprint density at radius 3 is 1.73 bits per heavy atom. The highest BCUT2D eigenvalue weighted by atomic mass is 28.2. The Balaban J connectivity index is 4.81. The molecule has 0 saturated carbocycles. The van der Waals surface area contributed by atoms with Crippen molar-refractivity contribution in [3.05, 3.63) is 38.0 Å². The third-order valence-corrected chi connectivity index (χ3v) is 1.92. The third kappa shape index (κ3) is 1.68. The minimum absolute atomic E-state index is 0.357. The Bertz CT molecular complexity index is 174. The summed E-state index contributed by atoms with van der Waals surface area (Å²) in [5.41, 5.74) is -0.901. The Hall–Kier alpha value is -1.09. The van der Waals surface area contributed by atoms with E-state index < -0.39 is 5.41 Å². The van der Waals surface area contributed by atoms with Crippen molar-refractivity contribution in [1.29, 1.82) is 0 Å². The molecule has 2 nitrogen and oxygen atoms in total. The summed E-state index contributed by atoms with van der Waals surface area (Å²) >= 11 is 0. The van der Waals surface area contributed by atoms with Gasteiger partial charge in [0.1, 0.15) is 5.41 Å². The monoisotopic (exact) mass is 168 g/mol. The third-order valence-electron chi connectivity index (χ3n) is 1.55. The van der Waals surface area contributed by atoms with E-state index in [9.17, 15) is 4.79 Å². The topological polar surface area (TPSA) is 26.3 Å². The fraction of sp³-hybridized carbons (Fsp3) is 0.125. The summed E-state index contributed by atoms with van der Waals surface area (Å²) in [7, 11) is 0.374. The van der Waals surface area contributed by atoms with Gasteiger partial charge in [0.05, 0.1) is 0 Å². The van der Waals surface area contributed by atoms with Gasteiger partial charge in [0, 0.05) is 0 Å².